The molecule has 3 heteroatoms. The van der Waals surface area contributed by atoms with Gasteiger partial charge in [-0.2, -0.15) is 5.10 Å². The Morgan fingerprint density at radius 1 is 1.20 bits per heavy atom. The minimum absolute atomic E-state index is 1.08. The molecule has 0 fully saturated rings. The molecular weight excluding hydrogens is 186 g/mol. The summed E-state index contributed by atoms with van der Waals surface area (Å²) in [6.07, 6.45) is 9.57. The smallest absolute Gasteiger partial charge is 0.139 e. The van der Waals surface area contributed by atoms with Gasteiger partial charge >= 0.3 is 0 Å². The Morgan fingerprint density at radius 3 is 2.33 bits per heavy atom. The van der Waals surface area contributed by atoms with E-state index < -0.39 is 0 Å². The lowest BCUT2D eigenvalue weighted by Crippen LogP contribution is -2.25. The van der Waals surface area contributed by atoms with E-state index in [4.69, 9.17) is 0 Å². The van der Waals surface area contributed by atoms with E-state index in [2.05, 4.69) is 35.1 Å². The molecule has 3 nitrogen and oxygen atoms in total. The fourth-order valence-electron chi connectivity index (χ4n) is 1.48. The van der Waals surface area contributed by atoms with Crippen molar-refractivity contribution in [3.05, 3.63) is 18.5 Å². The van der Waals surface area contributed by atoms with Crippen LogP contribution >= 0.6 is 0 Å². The first-order valence-electron chi connectivity index (χ1n) is 5.82. The van der Waals surface area contributed by atoms with E-state index in [0.717, 1.165) is 18.8 Å². The lowest BCUT2D eigenvalue weighted by molar-refractivity contribution is 0.675. The van der Waals surface area contributed by atoms with E-state index in [1.807, 2.05) is 6.07 Å². The van der Waals surface area contributed by atoms with Gasteiger partial charge in [0.1, 0.15) is 6.20 Å². The second-order valence-electron chi connectivity index (χ2n) is 3.72. The van der Waals surface area contributed by atoms with Crippen molar-refractivity contribution in [2.24, 2.45) is 0 Å². The number of anilines is 1. The van der Waals surface area contributed by atoms with Gasteiger partial charge in [0.15, 0.2) is 0 Å². The third-order valence-corrected chi connectivity index (χ3v) is 2.43. The van der Waals surface area contributed by atoms with Crippen molar-refractivity contribution in [3.63, 3.8) is 0 Å². The molecule has 0 atom stereocenters. The molecule has 0 aliphatic carbocycles. The summed E-state index contributed by atoms with van der Waals surface area (Å²) in [6.45, 7) is 6.62. The van der Waals surface area contributed by atoms with Gasteiger partial charge in [-0.3, -0.25) is 0 Å². The van der Waals surface area contributed by atoms with E-state index in [-0.39, 0.29) is 0 Å². The molecule has 1 rings (SSSR count). The Kier molecular flexibility index (Phi) is 5.74. The summed E-state index contributed by atoms with van der Waals surface area (Å²) in [5, 5.41) is 7.56. The van der Waals surface area contributed by atoms with E-state index >= 15 is 0 Å². The standard InChI is InChI=1S/C12H20N3/c1-3-5-9-15(10-6-4-2)12-7-8-13-14-11-12/h7-8H,3-6,9-10H2,1-2H3. The number of hydrogen-bond acceptors (Lipinski definition) is 3. The molecule has 0 spiro atoms. The molecule has 1 heterocycles. The van der Waals surface area contributed by atoms with E-state index in [1.54, 1.807) is 6.20 Å². The van der Waals surface area contributed by atoms with Crippen molar-refractivity contribution in [1.29, 1.82) is 0 Å². The zero-order valence-corrected chi connectivity index (χ0v) is 9.74. The first kappa shape index (κ1) is 12.0. The second kappa shape index (κ2) is 7.21. The lowest BCUT2D eigenvalue weighted by atomic mass is 10.2. The maximum Gasteiger partial charge on any atom is 0.139 e. The molecule has 0 N–H and O–H groups in total. The van der Waals surface area contributed by atoms with Gasteiger partial charge in [-0.25, -0.2) is 0 Å². The van der Waals surface area contributed by atoms with Crippen LogP contribution in [0.2, 0.25) is 0 Å². The molecule has 0 aliphatic rings. The number of rotatable bonds is 7. The van der Waals surface area contributed by atoms with Crippen molar-refractivity contribution < 1.29 is 0 Å². The molecule has 0 unspecified atom stereocenters. The molecule has 0 aromatic carbocycles. The molecule has 1 aromatic heterocycles. The van der Waals surface area contributed by atoms with Gasteiger partial charge < -0.3 is 4.90 Å². The number of nitrogens with zero attached hydrogens (tertiary/aromatic N) is 3. The SMILES string of the molecule is CCCCN(CCCC)c1[c]nncc1. The van der Waals surface area contributed by atoms with Crippen LogP contribution in [-0.4, -0.2) is 23.3 Å². The Bertz CT molecular complexity index is 240. The van der Waals surface area contributed by atoms with Crippen LogP contribution in [0.15, 0.2) is 12.3 Å². The molecule has 1 aromatic rings. The van der Waals surface area contributed by atoms with Crippen LogP contribution in [0.25, 0.3) is 0 Å². The van der Waals surface area contributed by atoms with Crippen LogP contribution < -0.4 is 4.90 Å². The number of unbranched alkanes of at least 4 members (excludes halogenated alkanes) is 2. The average Bonchev–Trinajstić information content (AvgIpc) is 2.30. The summed E-state index contributed by atoms with van der Waals surface area (Å²) < 4.78 is 0. The van der Waals surface area contributed by atoms with Gasteiger partial charge in [0.05, 0.1) is 11.9 Å². The summed E-state index contributed by atoms with van der Waals surface area (Å²) in [6, 6.07) is 1.98. The minimum Gasteiger partial charge on any atom is -0.370 e. The molecule has 0 saturated heterocycles. The number of aromatic nitrogens is 2. The molecule has 0 aliphatic heterocycles. The highest BCUT2D eigenvalue weighted by atomic mass is 15.2. The van der Waals surface area contributed by atoms with Gasteiger partial charge in [0, 0.05) is 13.1 Å². The van der Waals surface area contributed by atoms with Gasteiger partial charge in [0.2, 0.25) is 0 Å². The van der Waals surface area contributed by atoms with Crippen LogP contribution in [0.1, 0.15) is 39.5 Å². The fraction of sp³-hybridized carbons (Fsp3) is 0.667. The zero-order valence-electron chi connectivity index (χ0n) is 9.74. The Morgan fingerprint density at radius 2 is 1.87 bits per heavy atom. The summed E-state index contributed by atoms with van der Waals surface area (Å²) >= 11 is 0. The van der Waals surface area contributed by atoms with Crippen LogP contribution in [0.5, 0.6) is 0 Å². The van der Waals surface area contributed by atoms with Gasteiger partial charge in [-0.05, 0) is 18.9 Å². The summed E-state index contributed by atoms with van der Waals surface area (Å²) in [7, 11) is 0. The molecular formula is C12H20N3. The summed E-state index contributed by atoms with van der Waals surface area (Å²) in [4.78, 5) is 2.35. The van der Waals surface area contributed by atoms with E-state index in [1.165, 1.54) is 25.7 Å². The molecule has 0 saturated carbocycles. The molecule has 1 radical (unpaired) electrons. The van der Waals surface area contributed by atoms with Gasteiger partial charge in [-0.1, -0.05) is 26.7 Å². The second-order valence-corrected chi connectivity index (χ2v) is 3.72. The lowest BCUT2D eigenvalue weighted by Gasteiger charge is -2.23. The zero-order chi connectivity index (χ0) is 10.9. The van der Waals surface area contributed by atoms with Crippen molar-refractivity contribution >= 4 is 5.69 Å². The predicted molar refractivity (Wildman–Crippen MR) is 62.9 cm³/mol. The Labute approximate surface area is 92.5 Å². The highest BCUT2D eigenvalue weighted by molar-refractivity contribution is 5.41. The minimum atomic E-state index is 1.08. The summed E-state index contributed by atoms with van der Waals surface area (Å²) in [5.41, 5.74) is 1.08. The quantitative estimate of drug-likeness (QED) is 0.687. The molecule has 15 heavy (non-hydrogen) atoms. The van der Waals surface area contributed by atoms with Gasteiger partial charge in [-0.15, -0.1) is 5.10 Å². The predicted octanol–water partition coefficient (Wildman–Crippen LogP) is 2.68. The average molecular weight is 206 g/mol. The normalized spacial score (nSPS) is 10.3. The van der Waals surface area contributed by atoms with Crippen LogP contribution in [0.3, 0.4) is 0 Å². The van der Waals surface area contributed by atoms with Crippen molar-refractivity contribution in [1.82, 2.24) is 10.2 Å². The first-order valence-corrected chi connectivity index (χ1v) is 5.82. The molecule has 0 amide bonds. The van der Waals surface area contributed by atoms with Crippen LogP contribution in [0, 0.1) is 6.20 Å². The monoisotopic (exact) mass is 206 g/mol. The summed E-state index contributed by atoms with van der Waals surface area (Å²) in [5.74, 6) is 0. The highest BCUT2D eigenvalue weighted by Crippen LogP contribution is 2.12. The first-order chi connectivity index (χ1) is 7.38. The number of hydrogen-bond donors (Lipinski definition) is 0. The van der Waals surface area contributed by atoms with E-state index in [0.29, 0.717) is 0 Å². The molecule has 0 bridgehead atoms. The fourth-order valence-corrected chi connectivity index (χ4v) is 1.48. The molecule has 83 valence electrons. The maximum atomic E-state index is 3.81. The van der Waals surface area contributed by atoms with E-state index in [9.17, 15) is 0 Å². The van der Waals surface area contributed by atoms with Crippen LogP contribution in [-0.2, 0) is 0 Å². The third-order valence-electron chi connectivity index (χ3n) is 2.43. The van der Waals surface area contributed by atoms with Crippen molar-refractivity contribution in [3.8, 4) is 0 Å². The Hall–Kier alpha value is -1.12. The van der Waals surface area contributed by atoms with Crippen molar-refractivity contribution in [2.75, 3.05) is 18.0 Å². The third kappa shape index (κ3) is 4.28. The van der Waals surface area contributed by atoms with Crippen LogP contribution in [0.4, 0.5) is 5.69 Å². The van der Waals surface area contributed by atoms with Crippen molar-refractivity contribution in [2.45, 2.75) is 39.5 Å². The maximum absolute atomic E-state index is 3.81. The largest absolute Gasteiger partial charge is 0.370 e. The van der Waals surface area contributed by atoms with Gasteiger partial charge in [0.25, 0.3) is 0 Å². The highest BCUT2D eigenvalue weighted by Gasteiger charge is 2.05. The topological polar surface area (TPSA) is 29.0 Å². The Balaban J connectivity index is 2.55.